The molecule has 2 N–H and O–H groups in total. The van der Waals surface area contributed by atoms with Crippen molar-refractivity contribution in [2.45, 2.75) is 44.3 Å². The van der Waals surface area contributed by atoms with E-state index in [1.807, 2.05) is 36.5 Å². The van der Waals surface area contributed by atoms with Gasteiger partial charge in [0, 0.05) is 58.9 Å². The van der Waals surface area contributed by atoms with Gasteiger partial charge in [-0.2, -0.15) is 0 Å². The quantitative estimate of drug-likeness (QED) is 0.168. The largest absolute Gasteiger partial charge is 0.507 e. The molecule has 7 aromatic rings. The zero-order chi connectivity index (χ0) is 35.5. The van der Waals surface area contributed by atoms with Crippen LogP contribution in [0, 0.1) is 0 Å². The van der Waals surface area contributed by atoms with Gasteiger partial charge in [0.1, 0.15) is 11.5 Å². The maximum atomic E-state index is 12.2. The number of aromatic hydroxyl groups is 2. The topological polar surface area (TPSA) is 56.6 Å². The van der Waals surface area contributed by atoms with Crippen LogP contribution in [0.4, 0.5) is 0 Å². The highest BCUT2D eigenvalue weighted by atomic mass is 16.3. The fourth-order valence-electron chi connectivity index (χ4n) is 9.10. The van der Waals surface area contributed by atoms with Gasteiger partial charge in [0.25, 0.3) is 0 Å². The molecule has 9 rings (SSSR count). The lowest BCUT2D eigenvalue weighted by molar-refractivity contribution is 0.237. The van der Waals surface area contributed by atoms with Gasteiger partial charge in [-0.25, -0.2) is 0 Å². The summed E-state index contributed by atoms with van der Waals surface area (Å²) in [6, 6.07) is 52.4. The van der Waals surface area contributed by atoms with E-state index >= 15 is 0 Å². The van der Waals surface area contributed by atoms with Gasteiger partial charge in [-0.15, -0.1) is 0 Å². The number of aromatic nitrogens is 1. The molecule has 0 spiro atoms. The third-order valence-corrected chi connectivity index (χ3v) is 11.7. The third kappa shape index (κ3) is 4.82. The fraction of sp³-hybridized carbons (Fsp3) is 0.146. The number of hydrogen-bond acceptors (Lipinski definition) is 4. The van der Waals surface area contributed by atoms with E-state index in [-0.39, 0.29) is 0 Å². The van der Waals surface area contributed by atoms with Crippen molar-refractivity contribution in [1.29, 1.82) is 0 Å². The normalized spacial score (nSPS) is 14.4. The number of nitrogens with zero attached hydrogens (tertiary/aromatic N) is 2. The molecule has 0 atom stereocenters. The molecular formula is C48H40N2O2. The predicted molar refractivity (Wildman–Crippen MR) is 208 cm³/mol. The predicted octanol–water partition coefficient (Wildman–Crippen LogP) is 10.4. The molecule has 0 unspecified atom stereocenters. The van der Waals surface area contributed by atoms with Gasteiger partial charge in [0.05, 0.1) is 5.69 Å². The SMILES string of the molecule is CC1(c2cccc(CN(Cc3ccccn3)Cc3cccc(C4(C)c5ccccc5-c5ccccc54)c3O)c2O)c2ccccc2-c2ccccc21. The van der Waals surface area contributed by atoms with E-state index in [2.05, 4.69) is 145 Å². The first-order chi connectivity index (χ1) is 25.4. The van der Waals surface area contributed by atoms with Crippen LogP contribution in [0.1, 0.15) is 64.0 Å². The molecule has 52 heavy (non-hydrogen) atoms. The number of para-hydroxylation sites is 2. The first kappa shape index (κ1) is 32.0. The fourth-order valence-corrected chi connectivity index (χ4v) is 9.10. The standard InChI is InChI=1S/C48H40N2O2/c1-47(39-22-7-3-18-35(39)36-19-4-8-23-40(36)47)43-26-13-15-32(45(43)51)29-50(31-34-17-11-12-28-49-34)30-33-16-14-27-44(46(33)52)48(2)41-24-9-5-20-37(41)38-21-6-10-25-42(38)48/h3-28,51-52H,29-31H2,1-2H3. The lowest BCUT2D eigenvalue weighted by atomic mass is 9.73. The molecular weight excluding hydrogens is 637 g/mol. The summed E-state index contributed by atoms with van der Waals surface area (Å²) >= 11 is 0. The molecule has 2 aliphatic carbocycles. The van der Waals surface area contributed by atoms with Crippen molar-refractivity contribution < 1.29 is 10.2 Å². The number of phenols is 2. The Morgan fingerprint density at radius 1 is 0.423 bits per heavy atom. The summed E-state index contributed by atoms with van der Waals surface area (Å²) in [7, 11) is 0. The molecule has 1 aromatic heterocycles. The minimum Gasteiger partial charge on any atom is -0.507 e. The molecule has 4 nitrogen and oxygen atoms in total. The molecule has 0 fully saturated rings. The molecule has 2 aliphatic rings. The summed E-state index contributed by atoms with van der Waals surface area (Å²) < 4.78 is 0. The first-order valence-corrected chi connectivity index (χ1v) is 18.0. The molecule has 0 saturated heterocycles. The molecule has 0 bridgehead atoms. The molecule has 0 amide bonds. The maximum absolute atomic E-state index is 12.2. The second-order valence-electron chi connectivity index (χ2n) is 14.5. The van der Waals surface area contributed by atoms with Gasteiger partial charge in [0.15, 0.2) is 0 Å². The smallest absolute Gasteiger partial charge is 0.124 e. The highest BCUT2D eigenvalue weighted by Gasteiger charge is 2.43. The van der Waals surface area contributed by atoms with E-state index in [0.717, 1.165) is 27.9 Å². The highest BCUT2D eigenvalue weighted by Crippen LogP contribution is 2.56. The Labute approximate surface area is 305 Å². The Morgan fingerprint density at radius 2 is 0.788 bits per heavy atom. The van der Waals surface area contributed by atoms with Gasteiger partial charge < -0.3 is 10.2 Å². The van der Waals surface area contributed by atoms with Gasteiger partial charge >= 0.3 is 0 Å². The van der Waals surface area contributed by atoms with Crippen LogP contribution in [-0.2, 0) is 30.5 Å². The lowest BCUT2D eigenvalue weighted by Gasteiger charge is -2.31. The summed E-state index contributed by atoms with van der Waals surface area (Å²) in [5, 5.41) is 24.4. The third-order valence-electron chi connectivity index (χ3n) is 11.7. The van der Waals surface area contributed by atoms with Crippen molar-refractivity contribution in [3.63, 3.8) is 0 Å². The van der Waals surface area contributed by atoms with Crippen LogP contribution in [0.5, 0.6) is 11.5 Å². The van der Waals surface area contributed by atoms with Crippen molar-refractivity contribution in [3.8, 4) is 33.8 Å². The Morgan fingerprint density at radius 3 is 1.17 bits per heavy atom. The number of rotatable bonds is 8. The summed E-state index contributed by atoms with van der Waals surface area (Å²) in [6.07, 6.45) is 1.81. The average Bonchev–Trinajstić information content (AvgIpc) is 3.60. The van der Waals surface area contributed by atoms with Gasteiger partial charge in [-0.1, -0.05) is 140 Å². The first-order valence-electron chi connectivity index (χ1n) is 18.0. The van der Waals surface area contributed by atoms with E-state index in [4.69, 9.17) is 0 Å². The minimum atomic E-state index is -0.519. The van der Waals surface area contributed by atoms with Crippen molar-refractivity contribution >= 4 is 0 Å². The van der Waals surface area contributed by atoms with Crippen LogP contribution >= 0.6 is 0 Å². The second-order valence-corrected chi connectivity index (χ2v) is 14.5. The second kappa shape index (κ2) is 12.4. The van der Waals surface area contributed by atoms with E-state index in [1.54, 1.807) is 0 Å². The van der Waals surface area contributed by atoms with E-state index in [9.17, 15) is 10.2 Å². The van der Waals surface area contributed by atoms with Crippen molar-refractivity contribution in [3.05, 3.63) is 208 Å². The van der Waals surface area contributed by atoms with Crippen molar-refractivity contribution in [2.24, 2.45) is 0 Å². The Hall–Kier alpha value is -5.97. The van der Waals surface area contributed by atoms with E-state index < -0.39 is 10.8 Å². The monoisotopic (exact) mass is 676 g/mol. The van der Waals surface area contributed by atoms with Gasteiger partial charge in [-0.3, -0.25) is 9.88 Å². The van der Waals surface area contributed by atoms with Crippen LogP contribution < -0.4 is 0 Å². The summed E-state index contributed by atoms with van der Waals surface area (Å²) in [5.74, 6) is 0.597. The highest BCUT2D eigenvalue weighted by molar-refractivity contribution is 5.85. The zero-order valence-corrected chi connectivity index (χ0v) is 29.4. The number of benzene rings is 6. The van der Waals surface area contributed by atoms with Crippen LogP contribution in [0.15, 0.2) is 158 Å². The van der Waals surface area contributed by atoms with Crippen LogP contribution in [0.2, 0.25) is 0 Å². The Kier molecular flexibility index (Phi) is 7.60. The van der Waals surface area contributed by atoms with Crippen LogP contribution in [0.25, 0.3) is 22.3 Å². The van der Waals surface area contributed by atoms with Crippen molar-refractivity contribution in [1.82, 2.24) is 9.88 Å². The van der Waals surface area contributed by atoms with Crippen LogP contribution in [-0.4, -0.2) is 20.1 Å². The minimum absolute atomic E-state index is 0.298. The average molecular weight is 677 g/mol. The molecule has 1 heterocycles. The Balaban J connectivity index is 1.11. The summed E-state index contributed by atoms with van der Waals surface area (Å²) in [4.78, 5) is 6.92. The molecule has 254 valence electrons. The van der Waals surface area contributed by atoms with Crippen LogP contribution in [0.3, 0.4) is 0 Å². The number of fused-ring (bicyclic) bond motifs is 6. The maximum Gasteiger partial charge on any atom is 0.124 e. The molecule has 0 aliphatic heterocycles. The molecule has 0 saturated carbocycles. The molecule has 4 heteroatoms. The number of phenolic OH excluding ortho intramolecular Hbond substituents is 2. The van der Waals surface area contributed by atoms with E-state index in [0.29, 0.717) is 31.1 Å². The lowest BCUT2D eigenvalue weighted by Crippen LogP contribution is -2.26. The zero-order valence-electron chi connectivity index (χ0n) is 29.4. The van der Waals surface area contributed by atoms with E-state index in [1.165, 1.54) is 44.5 Å². The summed E-state index contributed by atoms with van der Waals surface area (Å²) in [5.41, 5.74) is 12.9. The molecule has 0 radical (unpaired) electrons. The molecule has 6 aromatic carbocycles. The Bertz CT molecular complexity index is 2220. The number of hydrogen-bond donors (Lipinski definition) is 2. The van der Waals surface area contributed by atoms with Crippen molar-refractivity contribution in [2.75, 3.05) is 0 Å². The summed E-state index contributed by atoms with van der Waals surface area (Å²) in [6.45, 7) is 5.92. The van der Waals surface area contributed by atoms with Gasteiger partial charge in [-0.05, 0) is 70.5 Å². The van der Waals surface area contributed by atoms with Gasteiger partial charge in [0.2, 0.25) is 0 Å². The number of pyridine rings is 1.